The van der Waals surface area contributed by atoms with E-state index < -0.39 is 22.1 Å². The molecule has 0 amide bonds. The van der Waals surface area contributed by atoms with Crippen molar-refractivity contribution in [3.8, 4) is 17.4 Å². The standard InChI is InChI=1S/C13H10N2O6/c1-20-10-6-3-7-14-12(10)21-9-5-2-4-8(15(18)19)11(9)13(16)17/h2-7H,1H3,(H,16,17). The number of hydrogen-bond donors (Lipinski definition) is 1. The van der Waals surface area contributed by atoms with Crippen molar-refractivity contribution < 1.29 is 24.3 Å². The summed E-state index contributed by atoms with van der Waals surface area (Å²) in [5, 5.41) is 20.1. The quantitative estimate of drug-likeness (QED) is 0.664. The van der Waals surface area contributed by atoms with E-state index in [1.54, 1.807) is 12.1 Å². The molecule has 0 spiro atoms. The smallest absolute Gasteiger partial charge is 0.346 e. The fourth-order valence-electron chi connectivity index (χ4n) is 1.68. The average molecular weight is 290 g/mol. The Hall–Kier alpha value is -3.16. The molecule has 2 rings (SSSR count). The zero-order chi connectivity index (χ0) is 15.4. The molecule has 8 nitrogen and oxygen atoms in total. The van der Waals surface area contributed by atoms with Crippen LogP contribution in [0.3, 0.4) is 0 Å². The average Bonchev–Trinajstić information content (AvgIpc) is 2.47. The van der Waals surface area contributed by atoms with Crippen LogP contribution >= 0.6 is 0 Å². The molecule has 0 saturated heterocycles. The fraction of sp³-hybridized carbons (Fsp3) is 0.0769. The van der Waals surface area contributed by atoms with Gasteiger partial charge < -0.3 is 14.6 Å². The Labute approximate surface area is 118 Å². The second kappa shape index (κ2) is 5.87. The lowest BCUT2D eigenvalue weighted by molar-refractivity contribution is -0.385. The van der Waals surface area contributed by atoms with Crippen LogP contribution in [0.2, 0.25) is 0 Å². The topological polar surface area (TPSA) is 112 Å². The maximum absolute atomic E-state index is 11.3. The number of methoxy groups -OCH3 is 1. The Morgan fingerprint density at radius 3 is 2.62 bits per heavy atom. The number of carboxylic acids is 1. The molecule has 0 fully saturated rings. The number of aromatic nitrogens is 1. The summed E-state index contributed by atoms with van der Waals surface area (Å²) in [6, 6.07) is 6.91. The first-order chi connectivity index (χ1) is 10.0. The van der Waals surface area contributed by atoms with Crippen molar-refractivity contribution in [1.82, 2.24) is 4.98 Å². The summed E-state index contributed by atoms with van der Waals surface area (Å²) < 4.78 is 10.4. The minimum Gasteiger partial charge on any atom is -0.491 e. The number of carboxylic acid groups (broad SMARTS) is 1. The zero-order valence-electron chi connectivity index (χ0n) is 10.8. The van der Waals surface area contributed by atoms with Gasteiger partial charge in [0.15, 0.2) is 17.1 Å². The summed E-state index contributed by atoms with van der Waals surface area (Å²) >= 11 is 0. The molecular weight excluding hydrogens is 280 g/mol. The molecule has 1 heterocycles. The minimum atomic E-state index is -1.47. The van der Waals surface area contributed by atoms with Gasteiger partial charge in [-0.1, -0.05) is 6.07 Å². The number of rotatable bonds is 5. The van der Waals surface area contributed by atoms with Crippen LogP contribution in [0.25, 0.3) is 0 Å². The van der Waals surface area contributed by atoms with E-state index in [4.69, 9.17) is 14.6 Å². The largest absolute Gasteiger partial charge is 0.491 e. The van der Waals surface area contributed by atoms with Gasteiger partial charge in [-0.25, -0.2) is 9.78 Å². The summed E-state index contributed by atoms with van der Waals surface area (Å²) in [6.45, 7) is 0. The molecule has 0 aliphatic rings. The van der Waals surface area contributed by atoms with Crippen molar-refractivity contribution in [3.63, 3.8) is 0 Å². The minimum absolute atomic E-state index is 0.0167. The molecule has 1 aromatic heterocycles. The number of pyridine rings is 1. The third-order valence-corrected chi connectivity index (χ3v) is 2.58. The third kappa shape index (κ3) is 2.89. The van der Waals surface area contributed by atoms with Gasteiger partial charge >= 0.3 is 5.97 Å². The fourth-order valence-corrected chi connectivity index (χ4v) is 1.68. The number of nitro groups is 1. The molecule has 0 bridgehead atoms. The first kappa shape index (κ1) is 14.3. The summed E-state index contributed by atoms with van der Waals surface area (Å²) in [7, 11) is 1.40. The molecule has 0 unspecified atom stereocenters. The second-order valence-corrected chi connectivity index (χ2v) is 3.83. The van der Waals surface area contributed by atoms with Crippen LogP contribution in [-0.2, 0) is 0 Å². The van der Waals surface area contributed by atoms with Gasteiger partial charge in [-0.15, -0.1) is 0 Å². The molecule has 0 aliphatic carbocycles. The highest BCUT2D eigenvalue weighted by Crippen LogP contribution is 2.34. The van der Waals surface area contributed by atoms with Gasteiger partial charge in [-0.2, -0.15) is 0 Å². The first-order valence-corrected chi connectivity index (χ1v) is 5.72. The highest BCUT2D eigenvalue weighted by Gasteiger charge is 2.25. The molecular formula is C13H10N2O6. The lowest BCUT2D eigenvalue weighted by Gasteiger charge is -2.10. The molecule has 0 radical (unpaired) electrons. The van der Waals surface area contributed by atoms with Crippen molar-refractivity contribution >= 4 is 11.7 Å². The van der Waals surface area contributed by atoms with E-state index in [9.17, 15) is 14.9 Å². The molecule has 0 saturated carbocycles. The molecule has 8 heteroatoms. The molecule has 0 atom stereocenters. The second-order valence-electron chi connectivity index (χ2n) is 3.83. The molecule has 21 heavy (non-hydrogen) atoms. The summed E-state index contributed by atoms with van der Waals surface area (Å²) in [5.41, 5.74) is -1.11. The Morgan fingerprint density at radius 2 is 2.00 bits per heavy atom. The van der Waals surface area contributed by atoms with Crippen molar-refractivity contribution in [3.05, 3.63) is 52.2 Å². The van der Waals surface area contributed by atoms with Gasteiger partial charge in [-0.3, -0.25) is 10.1 Å². The van der Waals surface area contributed by atoms with Gasteiger partial charge in [0, 0.05) is 12.3 Å². The molecule has 1 N–H and O–H groups in total. The van der Waals surface area contributed by atoms with Gasteiger partial charge in [0.2, 0.25) is 0 Å². The summed E-state index contributed by atoms with van der Waals surface area (Å²) in [6.07, 6.45) is 1.43. The van der Waals surface area contributed by atoms with Crippen LogP contribution < -0.4 is 9.47 Å². The Morgan fingerprint density at radius 1 is 1.29 bits per heavy atom. The van der Waals surface area contributed by atoms with Crippen molar-refractivity contribution in [2.75, 3.05) is 7.11 Å². The van der Waals surface area contributed by atoms with Gasteiger partial charge in [0.25, 0.3) is 11.6 Å². The number of hydrogen-bond acceptors (Lipinski definition) is 6. The lowest BCUT2D eigenvalue weighted by atomic mass is 10.1. The zero-order valence-corrected chi connectivity index (χ0v) is 10.8. The lowest BCUT2D eigenvalue weighted by Crippen LogP contribution is -2.05. The van der Waals surface area contributed by atoms with Crippen LogP contribution in [-0.4, -0.2) is 28.1 Å². The Kier molecular flexibility index (Phi) is 3.98. The number of aromatic carboxylic acids is 1. The number of nitrogens with zero attached hydrogens (tertiary/aromatic N) is 2. The van der Waals surface area contributed by atoms with Crippen molar-refractivity contribution in [1.29, 1.82) is 0 Å². The number of ether oxygens (including phenoxy) is 2. The molecule has 0 aliphatic heterocycles. The van der Waals surface area contributed by atoms with Crippen LogP contribution in [0, 0.1) is 10.1 Å². The van der Waals surface area contributed by atoms with Gasteiger partial charge in [0.05, 0.1) is 12.0 Å². The SMILES string of the molecule is COc1cccnc1Oc1cccc([N+](=O)[O-])c1C(=O)O. The van der Waals surface area contributed by atoms with E-state index in [2.05, 4.69) is 4.98 Å². The van der Waals surface area contributed by atoms with Crippen LogP contribution in [0.4, 0.5) is 5.69 Å². The predicted octanol–water partition coefficient (Wildman–Crippen LogP) is 2.49. The van der Waals surface area contributed by atoms with Gasteiger partial charge in [-0.05, 0) is 18.2 Å². The van der Waals surface area contributed by atoms with Gasteiger partial charge in [0.1, 0.15) is 0 Å². The van der Waals surface area contributed by atoms with Crippen molar-refractivity contribution in [2.45, 2.75) is 0 Å². The van der Waals surface area contributed by atoms with E-state index in [0.29, 0.717) is 0 Å². The first-order valence-electron chi connectivity index (χ1n) is 5.72. The molecule has 108 valence electrons. The van der Waals surface area contributed by atoms with E-state index in [-0.39, 0.29) is 17.4 Å². The third-order valence-electron chi connectivity index (χ3n) is 2.58. The molecule has 1 aromatic carbocycles. The summed E-state index contributed by atoms with van der Waals surface area (Å²) in [4.78, 5) is 25.3. The van der Waals surface area contributed by atoms with E-state index in [1.165, 1.54) is 25.4 Å². The van der Waals surface area contributed by atoms with E-state index in [1.807, 2.05) is 0 Å². The van der Waals surface area contributed by atoms with E-state index >= 15 is 0 Å². The maximum atomic E-state index is 11.3. The van der Waals surface area contributed by atoms with Crippen LogP contribution in [0.1, 0.15) is 10.4 Å². The molecule has 2 aromatic rings. The van der Waals surface area contributed by atoms with E-state index in [0.717, 1.165) is 6.07 Å². The predicted molar refractivity (Wildman–Crippen MR) is 70.9 cm³/mol. The highest BCUT2D eigenvalue weighted by atomic mass is 16.6. The monoisotopic (exact) mass is 290 g/mol. The van der Waals surface area contributed by atoms with Crippen LogP contribution in [0.15, 0.2) is 36.5 Å². The normalized spacial score (nSPS) is 9.95. The Bertz CT molecular complexity index is 701. The number of benzene rings is 1. The number of nitro benzene ring substituents is 1. The summed E-state index contributed by atoms with van der Waals surface area (Å²) in [5.74, 6) is -1.36. The van der Waals surface area contributed by atoms with Crippen molar-refractivity contribution in [2.24, 2.45) is 0 Å². The highest BCUT2D eigenvalue weighted by molar-refractivity contribution is 5.95. The number of carbonyl (C=O) groups is 1. The van der Waals surface area contributed by atoms with Crippen LogP contribution in [0.5, 0.6) is 17.4 Å². The Balaban J connectivity index is 2.52. The maximum Gasteiger partial charge on any atom is 0.346 e.